The van der Waals surface area contributed by atoms with E-state index in [2.05, 4.69) is 112 Å². The second-order valence-electron chi connectivity index (χ2n) is 23.4. The summed E-state index contributed by atoms with van der Waals surface area (Å²) in [6.45, 7) is 33.0. The Hall–Kier alpha value is -3.87. The Morgan fingerprint density at radius 1 is 0.507 bits per heavy atom. The minimum atomic E-state index is -1.90. The first-order valence-electron chi connectivity index (χ1n) is 25.3. The van der Waals surface area contributed by atoms with Crippen LogP contribution >= 0.6 is 0 Å². The predicted molar refractivity (Wildman–Crippen MR) is 273 cm³/mol. The van der Waals surface area contributed by atoms with Crippen LogP contribution in [0.15, 0.2) is 24.3 Å². The molecule has 4 atom stereocenters. The van der Waals surface area contributed by atoms with Crippen LogP contribution in [0.3, 0.4) is 0 Å². The molecule has 0 aromatic rings. The van der Waals surface area contributed by atoms with Crippen molar-refractivity contribution in [3.05, 3.63) is 24.3 Å². The van der Waals surface area contributed by atoms with Crippen LogP contribution in [0.25, 0.3) is 0 Å². The van der Waals surface area contributed by atoms with Crippen molar-refractivity contribution in [2.75, 3.05) is 39.5 Å². The molecule has 4 amide bonds. The molecule has 71 heavy (non-hydrogen) atoms. The lowest BCUT2D eigenvalue weighted by molar-refractivity contribution is -0.268. The molecule has 0 saturated heterocycles. The fourth-order valence-electron chi connectivity index (χ4n) is 10.4. The van der Waals surface area contributed by atoms with Crippen LogP contribution in [-0.2, 0) is 62.4 Å². The molecule has 0 radical (unpaired) electrons. The van der Waals surface area contributed by atoms with Crippen molar-refractivity contribution < 1.29 is 72.0 Å². The Balaban J connectivity index is 1.56. The van der Waals surface area contributed by atoms with E-state index in [4.69, 9.17) is 33.4 Å². The van der Waals surface area contributed by atoms with Crippen molar-refractivity contribution in [3.63, 3.8) is 0 Å². The molecule has 2 fully saturated rings. The maximum atomic E-state index is 12.6. The van der Waals surface area contributed by atoms with Crippen molar-refractivity contribution in [2.45, 2.75) is 196 Å². The third-order valence-corrected chi connectivity index (χ3v) is 20.1. The molecule has 0 bridgehead atoms. The van der Waals surface area contributed by atoms with E-state index in [0.717, 1.165) is 76.3 Å². The molecule has 0 aromatic carbocycles. The SMILES string of the molecule is C=C(C)C(=O)OOCCC(=O)NC1CC(C)(C)CC(C)(CNC(=O)OOCCCCC[Si](C)(C)O[Si](C)(C)CCCCCOOC(=O)NCC2(C)CC(NC(=O)CCOOC(=O)C(=C)C)CC(C)(C)C2)C1. The van der Waals surface area contributed by atoms with Gasteiger partial charge in [0.25, 0.3) is 0 Å². The lowest BCUT2D eigenvalue weighted by Crippen LogP contribution is -2.50. The van der Waals surface area contributed by atoms with Gasteiger partial charge in [-0.05, 0) is 125 Å². The summed E-state index contributed by atoms with van der Waals surface area (Å²) in [6, 6.07) is 1.85. The van der Waals surface area contributed by atoms with Crippen molar-refractivity contribution in [2.24, 2.45) is 21.7 Å². The largest absolute Gasteiger partial charge is 0.455 e. The molecule has 0 spiro atoms. The smallest absolute Gasteiger partial charge is 0.438 e. The molecule has 4 unspecified atom stereocenters. The van der Waals surface area contributed by atoms with E-state index >= 15 is 0 Å². The summed E-state index contributed by atoms with van der Waals surface area (Å²) >= 11 is 0. The zero-order valence-electron chi connectivity index (χ0n) is 45.2. The number of hydrogen-bond acceptors (Lipinski definition) is 15. The van der Waals surface area contributed by atoms with Gasteiger partial charge in [0.05, 0.1) is 26.1 Å². The number of hydrogen-bond donors (Lipinski definition) is 4. The molecule has 4 N–H and O–H groups in total. The standard InChI is InChI=1S/C50H90N4O15Si2/c1-37(2)43(57)65-63-25-21-41(55)53-39-29-47(5,6)33-49(9,31-39)35-51-45(59)67-61-23-17-15-19-27-70(11,12)69-71(13,14)28-20-16-18-24-62-68-46(60)52-36-50(10)32-40(30-48(7,8)34-50)54-42(56)22-26-64-66-44(58)38(3)4/h39-40H,1,3,15-36H2,2,4-14H3,(H,51,59)(H,52,60)(H,53,55)(H,54,56). The van der Waals surface area contributed by atoms with Gasteiger partial charge in [-0.2, -0.15) is 19.6 Å². The minimum absolute atomic E-state index is 0.0331. The van der Waals surface area contributed by atoms with Crippen LogP contribution in [0.1, 0.15) is 145 Å². The zero-order chi connectivity index (χ0) is 53.5. The van der Waals surface area contributed by atoms with Gasteiger partial charge in [0.2, 0.25) is 11.8 Å². The monoisotopic (exact) mass is 1040 g/mol. The van der Waals surface area contributed by atoms with E-state index in [1.54, 1.807) is 0 Å². The van der Waals surface area contributed by atoms with Gasteiger partial charge in [0, 0.05) is 36.3 Å². The first-order valence-corrected chi connectivity index (χ1v) is 31.6. The summed E-state index contributed by atoms with van der Waals surface area (Å²) in [4.78, 5) is 113. The first kappa shape index (κ1) is 63.3. The van der Waals surface area contributed by atoms with E-state index < -0.39 is 40.8 Å². The van der Waals surface area contributed by atoms with Crippen LogP contribution in [-0.4, -0.2) is 104 Å². The molecular formula is C50H90N4O15Si2. The number of unbranched alkanes of at least 4 members (excludes halogenated alkanes) is 4. The van der Waals surface area contributed by atoms with Gasteiger partial charge < -0.3 is 25.4 Å². The Bertz CT molecular complexity index is 1660. The predicted octanol–water partition coefficient (Wildman–Crippen LogP) is 9.35. The molecule has 2 aliphatic carbocycles. The highest BCUT2D eigenvalue weighted by Gasteiger charge is 2.43. The molecular weight excluding hydrogens is 953 g/mol. The van der Waals surface area contributed by atoms with Crippen molar-refractivity contribution in [1.82, 2.24) is 21.3 Å². The normalized spacial score (nSPS) is 21.7. The van der Waals surface area contributed by atoms with Crippen LogP contribution in [0.5, 0.6) is 0 Å². The Morgan fingerprint density at radius 2 is 0.859 bits per heavy atom. The lowest BCUT2D eigenvalue weighted by atomic mass is 9.62. The third kappa shape index (κ3) is 28.2. The summed E-state index contributed by atoms with van der Waals surface area (Å²) < 4.78 is 6.83. The summed E-state index contributed by atoms with van der Waals surface area (Å²) in [5.74, 6) is -1.78. The Labute approximate surface area is 425 Å². The quantitative estimate of drug-likeness (QED) is 0.0162. The van der Waals surface area contributed by atoms with Gasteiger partial charge in [-0.25, -0.2) is 19.2 Å². The Kier molecular flexibility index (Phi) is 26.5. The van der Waals surface area contributed by atoms with Gasteiger partial charge in [-0.3, -0.25) is 29.1 Å². The van der Waals surface area contributed by atoms with Crippen LogP contribution in [0, 0.1) is 21.7 Å². The fourth-order valence-corrected chi connectivity index (χ4v) is 19.4. The molecule has 2 aliphatic rings. The molecule has 21 heteroatoms. The lowest BCUT2D eigenvalue weighted by Gasteiger charge is -2.46. The summed E-state index contributed by atoms with van der Waals surface area (Å²) in [5, 5.41) is 11.8. The van der Waals surface area contributed by atoms with Gasteiger partial charge in [0.1, 0.15) is 13.2 Å². The second kappa shape index (κ2) is 29.7. The molecule has 408 valence electrons. The second-order valence-corrected chi connectivity index (χ2v) is 32.3. The molecule has 19 nitrogen and oxygen atoms in total. The van der Waals surface area contributed by atoms with Crippen molar-refractivity contribution >= 4 is 52.6 Å². The van der Waals surface area contributed by atoms with Gasteiger partial charge in [0.15, 0.2) is 16.6 Å². The number of carbonyl (C=O) groups is 6. The molecule has 2 saturated carbocycles. The summed E-state index contributed by atoms with van der Waals surface area (Å²) in [5.41, 5.74) is -0.314. The molecule has 2 rings (SSSR count). The average Bonchev–Trinajstić information content (AvgIpc) is 3.22. The maximum absolute atomic E-state index is 12.6. The highest BCUT2D eigenvalue weighted by molar-refractivity contribution is 6.84. The number of amides is 4. The minimum Gasteiger partial charge on any atom is -0.455 e. The van der Waals surface area contributed by atoms with Crippen LogP contribution in [0.4, 0.5) is 9.59 Å². The van der Waals surface area contributed by atoms with Gasteiger partial charge >= 0.3 is 24.1 Å². The van der Waals surface area contributed by atoms with E-state index in [0.29, 0.717) is 39.1 Å². The highest BCUT2D eigenvalue weighted by Crippen LogP contribution is 2.47. The number of carbonyl (C=O) groups excluding carboxylic acids is 6. The molecule has 0 heterocycles. The topological polar surface area (TPSA) is 234 Å². The highest BCUT2D eigenvalue weighted by atomic mass is 28.4. The van der Waals surface area contributed by atoms with Gasteiger partial charge in [-0.1, -0.05) is 80.4 Å². The third-order valence-electron chi connectivity index (χ3n) is 12.6. The van der Waals surface area contributed by atoms with E-state index in [9.17, 15) is 28.8 Å². The van der Waals surface area contributed by atoms with Crippen molar-refractivity contribution in [1.29, 1.82) is 0 Å². The van der Waals surface area contributed by atoms with E-state index in [1.807, 2.05) is 0 Å². The van der Waals surface area contributed by atoms with Crippen LogP contribution < -0.4 is 21.3 Å². The Morgan fingerprint density at radius 3 is 1.21 bits per heavy atom. The molecule has 0 aromatic heterocycles. The number of nitrogens with one attached hydrogen (secondary N) is 4. The van der Waals surface area contributed by atoms with Crippen LogP contribution in [0.2, 0.25) is 38.3 Å². The average molecular weight is 1040 g/mol. The van der Waals surface area contributed by atoms with Crippen molar-refractivity contribution in [3.8, 4) is 0 Å². The van der Waals surface area contributed by atoms with Gasteiger partial charge in [-0.15, -0.1) is 0 Å². The number of rotatable bonds is 32. The van der Waals surface area contributed by atoms with E-state index in [1.165, 1.54) is 13.8 Å². The summed E-state index contributed by atoms with van der Waals surface area (Å²) in [6.07, 6.45) is 8.71. The maximum Gasteiger partial charge on any atom is 0.438 e. The molecule has 0 aliphatic heterocycles. The van der Waals surface area contributed by atoms with E-state index in [-0.39, 0.29) is 82.8 Å². The fraction of sp³-hybridized carbons (Fsp3) is 0.800. The summed E-state index contributed by atoms with van der Waals surface area (Å²) in [7, 11) is -3.80. The zero-order valence-corrected chi connectivity index (χ0v) is 47.2. The first-order chi connectivity index (χ1) is 32.9.